The van der Waals surface area contributed by atoms with Crippen molar-refractivity contribution in [1.82, 2.24) is 0 Å². The maximum absolute atomic E-state index is 12.5. The average Bonchev–Trinajstić information content (AvgIpc) is 2.68. The molecule has 0 bridgehead atoms. The van der Waals surface area contributed by atoms with Gasteiger partial charge >= 0.3 is 0 Å². The van der Waals surface area contributed by atoms with Crippen molar-refractivity contribution in [1.29, 1.82) is 5.26 Å². The van der Waals surface area contributed by atoms with Gasteiger partial charge in [-0.2, -0.15) is 5.26 Å². The number of benzene rings is 2. The number of anilines is 1. The number of carbonyl (C=O) groups excluding carboxylic acids is 1. The summed E-state index contributed by atoms with van der Waals surface area (Å²) < 4.78 is 12.1. The van der Waals surface area contributed by atoms with Crippen molar-refractivity contribution in [3.05, 3.63) is 67.7 Å². The summed E-state index contributed by atoms with van der Waals surface area (Å²) >= 11 is 14.0. The van der Waals surface area contributed by atoms with E-state index in [1.165, 1.54) is 12.1 Å². The smallest absolute Gasteiger partial charge is 0.266 e. The summed E-state index contributed by atoms with van der Waals surface area (Å²) in [7, 11) is 0. The predicted molar refractivity (Wildman–Crippen MR) is 125 cm³/mol. The van der Waals surface area contributed by atoms with E-state index >= 15 is 0 Å². The van der Waals surface area contributed by atoms with Crippen LogP contribution in [0.2, 0.25) is 10.0 Å². The highest BCUT2D eigenvalue weighted by Gasteiger charge is 2.14. The number of amides is 1. The fourth-order valence-electron chi connectivity index (χ4n) is 2.30. The third kappa shape index (κ3) is 6.39. The van der Waals surface area contributed by atoms with E-state index in [4.69, 9.17) is 32.7 Å². The highest BCUT2D eigenvalue weighted by Crippen LogP contribution is 2.35. The molecule has 0 radical (unpaired) electrons. The molecule has 0 saturated carbocycles. The average molecular weight is 543 g/mol. The lowest BCUT2D eigenvalue weighted by Crippen LogP contribution is -2.13. The second-order valence-electron chi connectivity index (χ2n) is 5.62. The van der Waals surface area contributed by atoms with Crippen molar-refractivity contribution in [2.75, 3.05) is 18.5 Å². The Hall–Kier alpha value is -2.21. The van der Waals surface area contributed by atoms with Crippen molar-refractivity contribution < 1.29 is 14.3 Å². The van der Waals surface area contributed by atoms with Crippen molar-refractivity contribution in [2.45, 2.75) is 6.92 Å². The molecule has 2 rings (SSSR count). The molecular formula is C21H17Cl2IN2O3. The van der Waals surface area contributed by atoms with E-state index in [1.807, 2.05) is 13.0 Å². The number of nitrogens with one attached hydrogen (secondary N) is 1. The highest BCUT2D eigenvalue weighted by atomic mass is 127. The quantitative estimate of drug-likeness (QED) is 0.189. The first-order chi connectivity index (χ1) is 13.9. The molecule has 8 heteroatoms. The van der Waals surface area contributed by atoms with Gasteiger partial charge in [0, 0.05) is 5.69 Å². The molecule has 0 aliphatic rings. The van der Waals surface area contributed by atoms with Crippen LogP contribution in [-0.2, 0) is 4.79 Å². The third-order valence-corrected chi connectivity index (χ3v) is 5.07. The summed E-state index contributed by atoms with van der Waals surface area (Å²) in [5, 5.41) is 12.8. The minimum absolute atomic E-state index is 0.0749. The fraction of sp³-hybridized carbons (Fsp3) is 0.143. The van der Waals surface area contributed by atoms with Crippen LogP contribution in [-0.4, -0.2) is 19.1 Å². The monoisotopic (exact) mass is 542 g/mol. The van der Waals surface area contributed by atoms with Gasteiger partial charge in [-0.1, -0.05) is 35.9 Å². The summed E-state index contributed by atoms with van der Waals surface area (Å²) in [4.78, 5) is 12.5. The number of rotatable bonds is 8. The molecule has 0 heterocycles. The number of hydrogen-bond donors (Lipinski definition) is 1. The molecule has 0 unspecified atom stereocenters. The number of nitrogens with zero attached hydrogens (tertiary/aromatic N) is 1. The Balaban J connectivity index is 2.33. The van der Waals surface area contributed by atoms with Crippen LogP contribution < -0.4 is 14.8 Å². The van der Waals surface area contributed by atoms with Crippen molar-refractivity contribution >= 4 is 63.5 Å². The van der Waals surface area contributed by atoms with E-state index in [9.17, 15) is 10.1 Å². The van der Waals surface area contributed by atoms with Crippen LogP contribution in [0.25, 0.3) is 6.08 Å². The number of carbonyl (C=O) groups is 1. The second kappa shape index (κ2) is 11.1. The van der Waals surface area contributed by atoms with E-state index in [-0.39, 0.29) is 5.57 Å². The van der Waals surface area contributed by atoms with E-state index in [2.05, 4.69) is 34.5 Å². The van der Waals surface area contributed by atoms with Crippen LogP contribution in [0.1, 0.15) is 12.5 Å². The number of ether oxygens (including phenoxy) is 2. The Morgan fingerprint density at radius 1 is 1.28 bits per heavy atom. The molecule has 29 heavy (non-hydrogen) atoms. The van der Waals surface area contributed by atoms with E-state index in [0.29, 0.717) is 46.0 Å². The molecule has 0 aliphatic heterocycles. The van der Waals surface area contributed by atoms with Gasteiger partial charge in [-0.25, -0.2) is 0 Å². The number of hydrogen-bond acceptors (Lipinski definition) is 4. The molecule has 0 spiro atoms. The summed E-state index contributed by atoms with van der Waals surface area (Å²) in [5.41, 5.74) is 0.988. The largest absolute Gasteiger partial charge is 0.490 e. The molecule has 2 aromatic rings. The molecule has 1 amide bonds. The van der Waals surface area contributed by atoms with Gasteiger partial charge in [0.05, 0.1) is 20.2 Å². The van der Waals surface area contributed by atoms with Crippen molar-refractivity contribution in [3.8, 4) is 17.6 Å². The molecule has 2 aromatic carbocycles. The molecule has 150 valence electrons. The van der Waals surface area contributed by atoms with Crippen LogP contribution in [0, 0.1) is 14.9 Å². The maximum atomic E-state index is 12.5. The van der Waals surface area contributed by atoms with E-state index in [1.54, 1.807) is 30.3 Å². The van der Waals surface area contributed by atoms with Crippen molar-refractivity contribution in [2.24, 2.45) is 0 Å². The zero-order valence-corrected chi connectivity index (χ0v) is 19.1. The third-order valence-electron chi connectivity index (χ3n) is 3.53. The molecule has 0 fully saturated rings. The van der Waals surface area contributed by atoms with Crippen LogP contribution in [0.15, 0.2) is 48.6 Å². The molecule has 5 nitrogen and oxygen atoms in total. The Labute approximate surface area is 193 Å². The van der Waals surface area contributed by atoms with Gasteiger partial charge in [0.15, 0.2) is 11.5 Å². The summed E-state index contributed by atoms with van der Waals surface area (Å²) in [6, 6.07) is 10.1. The van der Waals surface area contributed by atoms with Gasteiger partial charge in [-0.3, -0.25) is 4.79 Å². The van der Waals surface area contributed by atoms with Crippen LogP contribution >= 0.6 is 45.8 Å². The Kier molecular flexibility index (Phi) is 8.83. The minimum atomic E-state index is -0.564. The van der Waals surface area contributed by atoms with Crippen LogP contribution in [0.3, 0.4) is 0 Å². The number of nitriles is 1. The molecule has 0 atom stereocenters. The van der Waals surface area contributed by atoms with E-state index in [0.717, 1.165) is 3.57 Å². The first-order valence-electron chi connectivity index (χ1n) is 8.47. The fourth-order valence-corrected chi connectivity index (χ4v) is 3.38. The molecule has 0 saturated heterocycles. The maximum Gasteiger partial charge on any atom is 0.266 e. The van der Waals surface area contributed by atoms with Gasteiger partial charge in [-0.05, 0) is 71.5 Å². The van der Waals surface area contributed by atoms with Gasteiger partial charge in [0.25, 0.3) is 5.91 Å². The second-order valence-corrected chi connectivity index (χ2v) is 7.59. The summed E-state index contributed by atoms with van der Waals surface area (Å²) in [6.45, 7) is 6.27. The van der Waals surface area contributed by atoms with Crippen LogP contribution in [0.5, 0.6) is 11.5 Å². The first kappa shape index (κ1) is 23.1. The predicted octanol–water partition coefficient (Wildman–Crippen LogP) is 6.11. The SMILES string of the molecule is C=CCOc1c(I)cc(/C=C(\C#N)C(=O)Nc2ccc(Cl)c(Cl)c2)cc1OCC. The van der Waals surface area contributed by atoms with Gasteiger partial charge in [0.1, 0.15) is 18.2 Å². The number of halogens is 3. The molecular weight excluding hydrogens is 526 g/mol. The molecule has 0 aromatic heterocycles. The molecule has 1 N–H and O–H groups in total. The van der Waals surface area contributed by atoms with Gasteiger partial charge < -0.3 is 14.8 Å². The zero-order chi connectivity index (χ0) is 21.4. The Morgan fingerprint density at radius 3 is 2.66 bits per heavy atom. The Morgan fingerprint density at radius 2 is 2.03 bits per heavy atom. The van der Waals surface area contributed by atoms with E-state index < -0.39 is 5.91 Å². The molecule has 0 aliphatic carbocycles. The first-order valence-corrected chi connectivity index (χ1v) is 10.3. The van der Waals surface area contributed by atoms with Crippen LogP contribution in [0.4, 0.5) is 5.69 Å². The summed E-state index contributed by atoms with van der Waals surface area (Å²) in [5.74, 6) is 0.545. The lowest BCUT2D eigenvalue weighted by Gasteiger charge is -2.14. The summed E-state index contributed by atoms with van der Waals surface area (Å²) in [6.07, 6.45) is 3.12. The topological polar surface area (TPSA) is 71.3 Å². The van der Waals surface area contributed by atoms with Gasteiger partial charge in [-0.15, -0.1) is 0 Å². The lowest BCUT2D eigenvalue weighted by atomic mass is 10.1. The van der Waals surface area contributed by atoms with Gasteiger partial charge in [0.2, 0.25) is 0 Å². The normalized spacial score (nSPS) is 10.8. The standard InChI is InChI=1S/C21H17Cl2IN2O3/c1-3-7-29-20-18(24)9-13(10-19(20)28-4-2)8-14(12-25)21(27)26-15-5-6-16(22)17(23)11-15/h3,5-6,8-11H,1,4,7H2,2H3,(H,26,27)/b14-8+. The lowest BCUT2D eigenvalue weighted by molar-refractivity contribution is -0.112. The Bertz CT molecular complexity index is 1000. The highest BCUT2D eigenvalue weighted by molar-refractivity contribution is 14.1. The zero-order valence-electron chi connectivity index (χ0n) is 15.5. The minimum Gasteiger partial charge on any atom is -0.490 e. The van der Waals surface area contributed by atoms with Crippen molar-refractivity contribution in [3.63, 3.8) is 0 Å².